The summed E-state index contributed by atoms with van der Waals surface area (Å²) in [6, 6.07) is 12.3. The van der Waals surface area contributed by atoms with Crippen LogP contribution in [0.4, 0.5) is 4.39 Å². The first-order valence-electron chi connectivity index (χ1n) is 5.01. The van der Waals surface area contributed by atoms with E-state index in [1.807, 2.05) is 37.6 Å². The fourth-order valence-corrected chi connectivity index (χ4v) is 1.67. The molecule has 0 nitrogen and oxygen atoms in total. The average molecular weight is 234 g/mol. The highest BCUT2D eigenvalue weighted by Crippen LogP contribution is 2.18. The molecule has 0 heterocycles. The smallest absolute Gasteiger partial charge is 0.123 e. The molecular weight excluding hydrogens is 223 g/mol. The Morgan fingerprint density at radius 1 is 1.06 bits per heavy atom. The molecule has 0 atom stereocenters. The predicted molar refractivity (Wildman–Crippen MR) is 65.1 cm³/mol. The van der Waals surface area contributed by atoms with E-state index >= 15 is 0 Å². The summed E-state index contributed by atoms with van der Waals surface area (Å²) in [5, 5.41) is 0.716. The molecule has 16 heavy (non-hydrogen) atoms. The van der Waals surface area contributed by atoms with Gasteiger partial charge in [0.1, 0.15) is 5.82 Å². The van der Waals surface area contributed by atoms with Gasteiger partial charge in [0, 0.05) is 11.4 Å². The van der Waals surface area contributed by atoms with Crippen molar-refractivity contribution in [2.75, 3.05) is 0 Å². The second-order valence-corrected chi connectivity index (χ2v) is 4.13. The van der Waals surface area contributed by atoms with Gasteiger partial charge in [-0.05, 0) is 47.9 Å². The summed E-state index contributed by atoms with van der Waals surface area (Å²) in [6.07, 6.45) is 2.01. The number of rotatable bonds is 2. The van der Waals surface area contributed by atoms with E-state index in [0.29, 0.717) is 5.02 Å². The van der Waals surface area contributed by atoms with Gasteiger partial charge in [-0.2, -0.15) is 0 Å². The molecule has 0 aromatic heterocycles. The second-order valence-electron chi connectivity index (χ2n) is 3.70. The van der Waals surface area contributed by atoms with E-state index in [1.54, 1.807) is 6.07 Å². The molecule has 2 aromatic rings. The summed E-state index contributed by atoms with van der Waals surface area (Å²) in [4.78, 5) is 0. The molecule has 0 unspecified atom stereocenters. The van der Waals surface area contributed by atoms with Crippen LogP contribution in [-0.4, -0.2) is 0 Å². The fraction of sp³-hybridized carbons (Fsp3) is 0.0714. The third-order valence-corrected chi connectivity index (χ3v) is 2.68. The summed E-state index contributed by atoms with van der Waals surface area (Å²) < 4.78 is 12.9. The molecule has 1 radical (unpaired) electrons. The lowest BCUT2D eigenvalue weighted by Gasteiger charge is -2.05. The molecular formula is C14H11ClF. The van der Waals surface area contributed by atoms with E-state index in [9.17, 15) is 4.39 Å². The lowest BCUT2D eigenvalue weighted by atomic mass is 10.0. The molecule has 2 aromatic carbocycles. The highest BCUT2D eigenvalue weighted by Gasteiger charge is 2.02. The zero-order valence-corrected chi connectivity index (χ0v) is 9.63. The highest BCUT2D eigenvalue weighted by atomic mass is 35.5. The van der Waals surface area contributed by atoms with Crippen LogP contribution in [0.2, 0.25) is 5.02 Å². The van der Waals surface area contributed by atoms with Crippen LogP contribution in [0.25, 0.3) is 0 Å². The lowest BCUT2D eigenvalue weighted by molar-refractivity contribution is 0.626. The van der Waals surface area contributed by atoms with Crippen molar-refractivity contribution in [3.8, 4) is 0 Å². The summed E-state index contributed by atoms with van der Waals surface area (Å²) in [7, 11) is 0. The van der Waals surface area contributed by atoms with Gasteiger partial charge in [-0.15, -0.1) is 0 Å². The average Bonchev–Trinajstić information content (AvgIpc) is 2.25. The maximum Gasteiger partial charge on any atom is 0.123 e. The Morgan fingerprint density at radius 2 is 1.75 bits per heavy atom. The van der Waals surface area contributed by atoms with E-state index in [1.165, 1.54) is 12.1 Å². The van der Waals surface area contributed by atoms with Crippen LogP contribution in [0, 0.1) is 19.2 Å². The number of benzene rings is 2. The topological polar surface area (TPSA) is 0 Å². The minimum absolute atomic E-state index is 0.203. The van der Waals surface area contributed by atoms with Gasteiger partial charge in [0.25, 0.3) is 0 Å². The van der Waals surface area contributed by atoms with Crippen LogP contribution >= 0.6 is 11.6 Å². The normalized spacial score (nSPS) is 10.4. The lowest BCUT2D eigenvalue weighted by Crippen LogP contribution is -1.90. The van der Waals surface area contributed by atoms with E-state index in [2.05, 4.69) is 0 Å². The monoisotopic (exact) mass is 233 g/mol. The molecule has 0 aliphatic carbocycles. The first-order chi connectivity index (χ1) is 7.65. The molecule has 2 rings (SSSR count). The van der Waals surface area contributed by atoms with Crippen molar-refractivity contribution in [3.63, 3.8) is 0 Å². The molecule has 0 fully saturated rings. The van der Waals surface area contributed by atoms with E-state index in [4.69, 9.17) is 11.6 Å². The largest absolute Gasteiger partial charge is 0.207 e. The zero-order valence-electron chi connectivity index (χ0n) is 8.87. The Hall–Kier alpha value is -1.34. The molecule has 0 spiro atoms. The van der Waals surface area contributed by atoms with Crippen molar-refractivity contribution in [1.82, 2.24) is 0 Å². The van der Waals surface area contributed by atoms with Crippen LogP contribution < -0.4 is 0 Å². The van der Waals surface area contributed by atoms with Crippen LogP contribution in [0.15, 0.2) is 42.5 Å². The number of halogens is 2. The molecule has 0 amide bonds. The third-order valence-electron chi connectivity index (χ3n) is 2.42. The van der Waals surface area contributed by atoms with Crippen LogP contribution in [0.3, 0.4) is 0 Å². The molecule has 0 N–H and O–H groups in total. The van der Waals surface area contributed by atoms with Crippen molar-refractivity contribution in [2.24, 2.45) is 0 Å². The van der Waals surface area contributed by atoms with Gasteiger partial charge in [-0.3, -0.25) is 0 Å². The first-order valence-corrected chi connectivity index (χ1v) is 5.39. The minimum Gasteiger partial charge on any atom is -0.207 e. The molecule has 0 aliphatic heterocycles. The molecule has 0 aliphatic rings. The SMILES string of the molecule is Cc1cc(F)ccc1[CH]c1ccc(Cl)cc1. The molecule has 0 saturated heterocycles. The number of hydrogen-bond acceptors (Lipinski definition) is 0. The van der Waals surface area contributed by atoms with Crippen molar-refractivity contribution < 1.29 is 4.39 Å². The van der Waals surface area contributed by atoms with Gasteiger partial charge in [0.2, 0.25) is 0 Å². The van der Waals surface area contributed by atoms with Gasteiger partial charge < -0.3 is 0 Å². The molecule has 0 bridgehead atoms. The van der Waals surface area contributed by atoms with Gasteiger partial charge >= 0.3 is 0 Å². The van der Waals surface area contributed by atoms with Crippen molar-refractivity contribution in [1.29, 1.82) is 0 Å². The van der Waals surface area contributed by atoms with Gasteiger partial charge in [-0.25, -0.2) is 4.39 Å². The standard InChI is InChI=1S/C14H11ClF/c1-10-8-14(16)7-4-12(10)9-11-2-5-13(15)6-3-11/h2-9H,1H3. The van der Waals surface area contributed by atoms with Crippen molar-refractivity contribution in [3.05, 3.63) is 76.4 Å². The Bertz CT molecular complexity index is 489. The van der Waals surface area contributed by atoms with Crippen LogP contribution in [0.5, 0.6) is 0 Å². The maximum atomic E-state index is 12.9. The van der Waals surface area contributed by atoms with Crippen LogP contribution in [-0.2, 0) is 0 Å². The fourth-order valence-electron chi connectivity index (χ4n) is 1.54. The van der Waals surface area contributed by atoms with Crippen LogP contribution in [0.1, 0.15) is 16.7 Å². The van der Waals surface area contributed by atoms with E-state index in [0.717, 1.165) is 16.7 Å². The first kappa shape index (κ1) is 11.2. The number of aryl methyl sites for hydroxylation is 1. The van der Waals surface area contributed by atoms with Gasteiger partial charge in [0.15, 0.2) is 0 Å². The predicted octanol–water partition coefficient (Wildman–Crippen LogP) is 4.39. The molecule has 81 valence electrons. The summed E-state index contributed by atoms with van der Waals surface area (Å²) in [6.45, 7) is 1.89. The highest BCUT2D eigenvalue weighted by molar-refractivity contribution is 6.30. The number of hydrogen-bond donors (Lipinski definition) is 0. The second kappa shape index (κ2) is 4.67. The van der Waals surface area contributed by atoms with Crippen molar-refractivity contribution in [2.45, 2.75) is 6.92 Å². The van der Waals surface area contributed by atoms with Crippen molar-refractivity contribution >= 4 is 11.6 Å². The minimum atomic E-state index is -0.203. The Kier molecular flexibility index (Phi) is 3.25. The zero-order chi connectivity index (χ0) is 11.5. The van der Waals surface area contributed by atoms with Gasteiger partial charge in [0.05, 0.1) is 0 Å². The maximum absolute atomic E-state index is 12.9. The molecule has 2 heteroatoms. The van der Waals surface area contributed by atoms with E-state index in [-0.39, 0.29) is 5.82 Å². The Balaban J connectivity index is 2.23. The van der Waals surface area contributed by atoms with E-state index < -0.39 is 0 Å². The molecule has 0 saturated carbocycles. The summed E-state index contributed by atoms with van der Waals surface area (Å²) >= 11 is 5.80. The summed E-state index contributed by atoms with van der Waals surface area (Å²) in [5.74, 6) is -0.203. The Labute approximate surface area is 99.7 Å². The van der Waals surface area contributed by atoms with Gasteiger partial charge in [-0.1, -0.05) is 29.8 Å². The Morgan fingerprint density at radius 3 is 2.38 bits per heavy atom. The quantitative estimate of drug-likeness (QED) is 0.722. The third kappa shape index (κ3) is 2.61. The summed E-state index contributed by atoms with van der Waals surface area (Å²) in [5.41, 5.74) is 3.00.